The van der Waals surface area contributed by atoms with Gasteiger partial charge in [-0.05, 0) is 26.2 Å². The molecule has 0 unspecified atom stereocenters. The van der Waals surface area contributed by atoms with Gasteiger partial charge in [0.25, 0.3) is 0 Å². The third-order valence-electron chi connectivity index (χ3n) is 3.00. The lowest BCUT2D eigenvalue weighted by atomic mass is 9.82. The predicted octanol–water partition coefficient (Wildman–Crippen LogP) is 2.93. The Bertz CT molecular complexity index is 230. The molecule has 0 aromatic rings. The number of ether oxygens (including phenoxy) is 1. The first-order valence-electron chi connectivity index (χ1n) is 5.77. The maximum absolute atomic E-state index is 11.0. The maximum atomic E-state index is 11.0. The molecule has 0 spiro atoms. The van der Waals surface area contributed by atoms with Crippen LogP contribution in [0.3, 0.4) is 0 Å². The van der Waals surface area contributed by atoms with E-state index in [-0.39, 0.29) is 0 Å². The summed E-state index contributed by atoms with van der Waals surface area (Å²) in [5, 5.41) is 6.81. The second-order valence-corrected chi connectivity index (χ2v) is 5.03. The van der Waals surface area contributed by atoms with Gasteiger partial charge in [-0.3, -0.25) is 0 Å². The van der Waals surface area contributed by atoms with Crippen LogP contribution in [-0.2, 0) is 9.53 Å². The summed E-state index contributed by atoms with van der Waals surface area (Å²) in [5.41, 5.74) is -0.420. The normalized spacial score (nSPS) is 18.5. The van der Waals surface area contributed by atoms with E-state index in [1.54, 1.807) is 0 Å². The van der Waals surface area contributed by atoms with Gasteiger partial charge in [0.15, 0.2) is 0 Å². The first kappa shape index (κ1) is 12.2. The average Bonchev–Trinajstić information content (AvgIpc) is 2.17. The minimum absolute atomic E-state index is 0.420. The summed E-state index contributed by atoms with van der Waals surface area (Å²) < 4.78 is 5.21. The van der Waals surface area contributed by atoms with Crippen molar-refractivity contribution in [2.45, 2.75) is 58.0 Å². The van der Waals surface area contributed by atoms with Gasteiger partial charge in [-0.25, -0.2) is 4.79 Å². The van der Waals surface area contributed by atoms with Crippen LogP contribution in [0.15, 0.2) is 0 Å². The fourth-order valence-corrected chi connectivity index (χ4v) is 2.43. The van der Waals surface area contributed by atoms with E-state index in [0.717, 1.165) is 12.6 Å². The number of rotatable bonds is 4. The van der Waals surface area contributed by atoms with Gasteiger partial charge in [0, 0.05) is 0 Å². The smallest absolute Gasteiger partial charge is 0.349 e. The molecule has 0 saturated heterocycles. The van der Waals surface area contributed by atoms with E-state index in [1.807, 2.05) is 13.8 Å². The highest BCUT2D eigenvalue weighted by Crippen LogP contribution is 2.31. The minimum atomic E-state index is -0.532. The first-order valence-corrected chi connectivity index (χ1v) is 5.77. The molecule has 1 aliphatic carbocycles. The summed E-state index contributed by atoms with van der Waals surface area (Å²) in [4.78, 5) is 11.0. The molecular weight excluding hydrogens is 190 g/mol. The van der Waals surface area contributed by atoms with Crippen LogP contribution in [0.1, 0.15) is 52.4 Å². The molecule has 0 aromatic carbocycles. The Kier molecular flexibility index (Phi) is 4.30. The van der Waals surface area contributed by atoms with Gasteiger partial charge >= 0.3 is 5.97 Å². The number of nitrogens with one attached hydrogen (secondary N) is 1. The van der Waals surface area contributed by atoms with Crippen LogP contribution in [0, 0.1) is 11.3 Å². The quantitative estimate of drug-likeness (QED) is 0.574. The molecule has 1 saturated carbocycles. The third kappa shape index (κ3) is 4.45. The number of esters is 1. The van der Waals surface area contributed by atoms with Crippen LogP contribution in [-0.4, -0.2) is 17.8 Å². The molecule has 1 aliphatic rings. The molecule has 0 aliphatic heterocycles. The second-order valence-electron chi connectivity index (χ2n) is 5.03. The molecule has 1 N–H and O–H groups in total. The van der Waals surface area contributed by atoms with Gasteiger partial charge in [0.1, 0.15) is 11.8 Å². The highest BCUT2D eigenvalue weighted by Gasteiger charge is 2.27. The van der Waals surface area contributed by atoms with Crippen LogP contribution in [0.4, 0.5) is 0 Å². The Morgan fingerprint density at radius 3 is 2.53 bits per heavy atom. The molecule has 15 heavy (non-hydrogen) atoms. The Morgan fingerprint density at radius 1 is 1.40 bits per heavy atom. The van der Waals surface area contributed by atoms with Gasteiger partial charge in [0.05, 0.1) is 0 Å². The van der Waals surface area contributed by atoms with E-state index < -0.39 is 11.6 Å². The molecule has 0 aromatic heterocycles. The fourth-order valence-electron chi connectivity index (χ4n) is 2.43. The molecule has 3 heteroatoms. The van der Waals surface area contributed by atoms with Crippen molar-refractivity contribution in [2.24, 2.45) is 5.92 Å². The summed E-state index contributed by atoms with van der Waals surface area (Å²) in [6, 6.07) is 0. The van der Waals surface area contributed by atoms with Crippen molar-refractivity contribution >= 4 is 12.2 Å². The Morgan fingerprint density at radius 2 is 2.00 bits per heavy atom. The van der Waals surface area contributed by atoms with E-state index in [0.29, 0.717) is 5.92 Å². The molecule has 0 heterocycles. The molecular formula is C12H21NO2. The molecule has 0 atom stereocenters. The van der Waals surface area contributed by atoms with E-state index >= 15 is 0 Å². The van der Waals surface area contributed by atoms with Gasteiger partial charge in [-0.2, -0.15) is 0 Å². The molecule has 86 valence electrons. The Balaban J connectivity index is 2.39. The zero-order chi connectivity index (χ0) is 11.3. The van der Waals surface area contributed by atoms with Crippen molar-refractivity contribution in [3.63, 3.8) is 0 Å². The van der Waals surface area contributed by atoms with E-state index in [2.05, 4.69) is 0 Å². The van der Waals surface area contributed by atoms with Crippen LogP contribution >= 0.6 is 0 Å². The van der Waals surface area contributed by atoms with Crippen molar-refractivity contribution < 1.29 is 9.53 Å². The predicted molar refractivity (Wildman–Crippen MR) is 60.1 cm³/mol. The average molecular weight is 211 g/mol. The standard InChI is InChI=1S/C12H21NO2/c1-12(2,15-11(14)9-13)8-10-6-4-3-5-7-10/h9-10,13H,3-8H2,1-2H3. The molecule has 0 radical (unpaired) electrons. The second kappa shape index (κ2) is 5.29. The lowest BCUT2D eigenvalue weighted by Crippen LogP contribution is -2.31. The maximum Gasteiger partial charge on any atom is 0.349 e. The molecule has 0 bridgehead atoms. The van der Waals surface area contributed by atoms with Gasteiger partial charge < -0.3 is 10.1 Å². The zero-order valence-corrected chi connectivity index (χ0v) is 9.71. The minimum Gasteiger partial charge on any atom is -0.455 e. The van der Waals surface area contributed by atoms with Crippen LogP contribution in [0.5, 0.6) is 0 Å². The van der Waals surface area contributed by atoms with Gasteiger partial charge in [-0.1, -0.05) is 32.1 Å². The van der Waals surface area contributed by atoms with Crippen molar-refractivity contribution in [2.75, 3.05) is 0 Å². The van der Waals surface area contributed by atoms with Crippen molar-refractivity contribution in [1.29, 1.82) is 5.41 Å². The molecule has 1 fully saturated rings. The SMILES string of the molecule is CC(C)(CC1CCCCC1)OC(=O)C=N. The number of carbonyl (C=O) groups excluding carboxylic acids is 1. The van der Waals surface area contributed by atoms with Crippen molar-refractivity contribution in [3.8, 4) is 0 Å². The topological polar surface area (TPSA) is 50.2 Å². The summed E-state index contributed by atoms with van der Waals surface area (Å²) in [6.45, 7) is 3.87. The summed E-state index contributed by atoms with van der Waals surface area (Å²) in [6.07, 6.45) is 8.13. The third-order valence-corrected chi connectivity index (χ3v) is 3.00. The Hall–Kier alpha value is -0.860. The van der Waals surface area contributed by atoms with Crippen LogP contribution < -0.4 is 0 Å². The van der Waals surface area contributed by atoms with E-state index in [1.165, 1.54) is 32.1 Å². The van der Waals surface area contributed by atoms with Crippen molar-refractivity contribution in [1.82, 2.24) is 0 Å². The van der Waals surface area contributed by atoms with E-state index in [9.17, 15) is 4.79 Å². The molecule has 1 rings (SSSR count). The fraction of sp³-hybridized carbons (Fsp3) is 0.833. The summed E-state index contributed by atoms with van der Waals surface area (Å²) >= 11 is 0. The molecule has 0 amide bonds. The summed E-state index contributed by atoms with van der Waals surface area (Å²) in [7, 11) is 0. The van der Waals surface area contributed by atoms with Gasteiger partial charge in [0.2, 0.25) is 0 Å². The number of carbonyl (C=O) groups is 1. The lowest BCUT2D eigenvalue weighted by Gasteiger charge is -2.31. The largest absolute Gasteiger partial charge is 0.455 e. The number of hydrogen-bond donors (Lipinski definition) is 1. The van der Waals surface area contributed by atoms with Crippen molar-refractivity contribution in [3.05, 3.63) is 0 Å². The van der Waals surface area contributed by atoms with Gasteiger partial charge in [-0.15, -0.1) is 0 Å². The van der Waals surface area contributed by atoms with Crippen LogP contribution in [0.2, 0.25) is 0 Å². The van der Waals surface area contributed by atoms with E-state index in [4.69, 9.17) is 10.1 Å². The zero-order valence-electron chi connectivity index (χ0n) is 9.71. The Labute approximate surface area is 91.7 Å². The highest BCUT2D eigenvalue weighted by molar-refractivity contribution is 6.21. The molecule has 3 nitrogen and oxygen atoms in total. The summed E-state index contributed by atoms with van der Waals surface area (Å²) in [5.74, 6) is 0.156. The monoisotopic (exact) mass is 211 g/mol. The first-order chi connectivity index (χ1) is 7.03. The number of hydrogen-bond acceptors (Lipinski definition) is 3. The highest BCUT2D eigenvalue weighted by atomic mass is 16.6. The van der Waals surface area contributed by atoms with Crippen LogP contribution in [0.25, 0.3) is 0 Å². The lowest BCUT2D eigenvalue weighted by molar-refractivity contribution is -0.149.